The molecule has 0 spiro atoms. The van der Waals surface area contributed by atoms with Gasteiger partial charge < -0.3 is 9.32 Å². The molecule has 3 nitrogen and oxygen atoms in total. The Morgan fingerprint density at radius 2 is 2.00 bits per heavy atom. The molecular weight excluding hydrogens is 238 g/mol. The molecule has 98 valence electrons. The van der Waals surface area contributed by atoms with Crippen molar-refractivity contribution in [2.24, 2.45) is 0 Å². The molecule has 0 aliphatic rings. The number of nitrogens with zero attached hydrogens (tertiary/aromatic N) is 1. The monoisotopic (exact) mass is 255 g/mol. The van der Waals surface area contributed by atoms with Crippen LogP contribution in [0.3, 0.4) is 0 Å². The molecule has 3 heteroatoms. The molecule has 0 N–H and O–H groups in total. The van der Waals surface area contributed by atoms with Crippen molar-refractivity contribution in [1.82, 2.24) is 0 Å². The van der Waals surface area contributed by atoms with Crippen molar-refractivity contribution in [3.05, 3.63) is 39.7 Å². The largest absolute Gasteiger partial charge is 0.422 e. The third kappa shape index (κ3) is 2.22. The van der Waals surface area contributed by atoms with Gasteiger partial charge in [-0.2, -0.15) is 0 Å². The Labute approximate surface area is 112 Å². The van der Waals surface area contributed by atoms with Gasteiger partial charge in [0.2, 0.25) is 0 Å². The van der Waals surface area contributed by atoms with Crippen LogP contribution in [0.5, 0.6) is 0 Å². The third-order valence-corrected chi connectivity index (χ3v) is 3.39. The van der Waals surface area contributed by atoms with E-state index in [1.54, 1.807) is 6.92 Å². The number of terminal acetylenes is 1. The van der Waals surface area contributed by atoms with Crippen molar-refractivity contribution >= 4 is 16.7 Å². The summed E-state index contributed by atoms with van der Waals surface area (Å²) in [6, 6.07) is 5.81. The summed E-state index contributed by atoms with van der Waals surface area (Å²) < 4.78 is 5.34. The first-order chi connectivity index (χ1) is 9.12. The van der Waals surface area contributed by atoms with Crippen molar-refractivity contribution < 1.29 is 4.42 Å². The van der Waals surface area contributed by atoms with Crippen molar-refractivity contribution in [1.29, 1.82) is 0 Å². The van der Waals surface area contributed by atoms with Crippen LogP contribution in [0.25, 0.3) is 11.0 Å². The molecule has 19 heavy (non-hydrogen) atoms. The lowest BCUT2D eigenvalue weighted by Crippen LogP contribution is -2.21. The summed E-state index contributed by atoms with van der Waals surface area (Å²) in [6.45, 7) is 7.68. The molecule has 0 saturated carbocycles. The van der Waals surface area contributed by atoms with Crippen LogP contribution in [-0.4, -0.2) is 13.1 Å². The van der Waals surface area contributed by atoms with E-state index in [1.807, 2.05) is 18.2 Å². The summed E-state index contributed by atoms with van der Waals surface area (Å²) in [5.74, 6) is 2.58. The van der Waals surface area contributed by atoms with E-state index in [0.29, 0.717) is 16.7 Å². The Morgan fingerprint density at radius 1 is 1.32 bits per heavy atom. The molecule has 0 atom stereocenters. The van der Waals surface area contributed by atoms with Gasteiger partial charge >= 0.3 is 5.63 Å². The highest BCUT2D eigenvalue weighted by Gasteiger charge is 2.11. The molecule has 0 bridgehead atoms. The van der Waals surface area contributed by atoms with Crippen molar-refractivity contribution in [3.8, 4) is 12.3 Å². The van der Waals surface area contributed by atoms with Gasteiger partial charge in [0.25, 0.3) is 0 Å². The maximum absolute atomic E-state index is 11.8. The second-order valence-electron chi connectivity index (χ2n) is 4.39. The number of hydrogen-bond donors (Lipinski definition) is 0. The van der Waals surface area contributed by atoms with E-state index in [0.717, 1.165) is 24.2 Å². The van der Waals surface area contributed by atoms with E-state index in [-0.39, 0.29) is 5.63 Å². The fourth-order valence-corrected chi connectivity index (χ4v) is 2.25. The molecule has 0 aliphatic heterocycles. The van der Waals surface area contributed by atoms with Gasteiger partial charge in [-0.05, 0) is 32.9 Å². The van der Waals surface area contributed by atoms with Crippen LogP contribution in [0.15, 0.2) is 27.4 Å². The zero-order valence-electron chi connectivity index (χ0n) is 11.5. The molecule has 0 unspecified atom stereocenters. The number of rotatable bonds is 3. The fourth-order valence-electron chi connectivity index (χ4n) is 2.25. The minimum atomic E-state index is -0.364. The molecule has 0 radical (unpaired) electrons. The van der Waals surface area contributed by atoms with Crippen molar-refractivity contribution in [2.75, 3.05) is 18.0 Å². The lowest BCUT2D eigenvalue weighted by atomic mass is 10.1. The van der Waals surface area contributed by atoms with Crippen molar-refractivity contribution in [2.45, 2.75) is 20.8 Å². The molecular formula is C16H17NO2. The normalized spacial score (nSPS) is 10.4. The predicted octanol–water partition coefficient (Wildman–Crippen LogP) is 2.93. The first-order valence-electron chi connectivity index (χ1n) is 6.41. The molecule has 1 aromatic heterocycles. The molecule has 1 aromatic carbocycles. The van der Waals surface area contributed by atoms with Crippen LogP contribution in [0.4, 0.5) is 5.69 Å². The standard InChI is InChI=1S/C16H17NO2/c1-5-13-11(4)16(18)19-15-10-12(8-9-14(13)15)17(6-2)7-3/h1,8-10H,6-7H2,2-4H3. The van der Waals surface area contributed by atoms with Gasteiger partial charge in [-0.25, -0.2) is 4.79 Å². The third-order valence-electron chi connectivity index (χ3n) is 3.39. The van der Waals surface area contributed by atoms with Crippen LogP contribution < -0.4 is 10.5 Å². The van der Waals surface area contributed by atoms with Gasteiger partial charge in [-0.3, -0.25) is 0 Å². The SMILES string of the molecule is C#Cc1c(C)c(=O)oc2cc(N(CC)CC)ccc12. The summed E-state index contributed by atoms with van der Waals surface area (Å²) in [7, 11) is 0. The lowest BCUT2D eigenvalue weighted by Gasteiger charge is -2.21. The van der Waals surface area contributed by atoms with E-state index in [1.165, 1.54) is 0 Å². The quantitative estimate of drug-likeness (QED) is 0.624. The van der Waals surface area contributed by atoms with Gasteiger partial charge in [0.15, 0.2) is 0 Å². The molecule has 2 rings (SSSR count). The van der Waals surface area contributed by atoms with Crippen LogP contribution in [-0.2, 0) is 0 Å². The summed E-state index contributed by atoms with van der Waals surface area (Å²) in [4.78, 5) is 13.9. The van der Waals surface area contributed by atoms with Gasteiger partial charge in [0, 0.05) is 35.8 Å². The predicted molar refractivity (Wildman–Crippen MR) is 78.7 cm³/mol. The van der Waals surface area contributed by atoms with Crippen LogP contribution in [0, 0.1) is 19.3 Å². The molecule has 2 aromatic rings. The highest BCUT2D eigenvalue weighted by atomic mass is 16.4. The summed E-state index contributed by atoms with van der Waals surface area (Å²) in [5.41, 5.74) is 2.33. The first-order valence-corrected chi connectivity index (χ1v) is 6.41. The second kappa shape index (κ2) is 5.19. The van der Waals surface area contributed by atoms with E-state index in [2.05, 4.69) is 24.7 Å². The molecule has 1 heterocycles. The number of fused-ring (bicyclic) bond motifs is 1. The summed E-state index contributed by atoms with van der Waals surface area (Å²) >= 11 is 0. The van der Waals surface area contributed by atoms with Gasteiger partial charge in [-0.1, -0.05) is 5.92 Å². The van der Waals surface area contributed by atoms with Gasteiger partial charge in [0.05, 0.1) is 5.56 Å². The Hall–Kier alpha value is -2.21. The van der Waals surface area contributed by atoms with Gasteiger partial charge in [-0.15, -0.1) is 6.42 Å². The Kier molecular flexibility index (Phi) is 3.62. The average molecular weight is 255 g/mol. The number of anilines is 1. The van der Waals surface area contributed by atoms with Crippen molar-refractivity contribution in [3.63, 3.8) is 0 Å². The molecule has 0 saturated heterocycles. The second-order valence-corrected chi connectivity index (χ2v) is 4.39. The zero-order chi connectivity index (χ0) is 14.0. The molecule has 0 aliphatic carbocycles. The number of benzene rings is 1. The van der Waals surface area contributed by atoms with Crippen LogP contribution in [0.1, 0.15) is 25.0 Å². The Bertz CT molecular complexity index is 703. The summed E-state index contributed by atoms with van der Waals surface area (Å²) in [5, 5.41) is 0.815. The molecule has 0 amide bonds. The lowest BCUT2D eigenvalue weighted by molar-refractivity contribution is 0.554. The topological polar surface area (TPSA) is 33.5 Å². The van der Waals surface area contributed by atoms with Crippen LogP contribution in [0.2, 0.25) is 0 Å². The Balaban J connectivity index is 2.72. The van der Waals surface area contributed by atoms with Gasteiger partial charge in [0.1, 0.15) is 5.58 Å². The smallest absolute Gasteiger partial charge is 0.340 e. The fraction of sp³-hybridized carbons (Fsp3) is 0.312. The zero-order valence-corrected chi connectivity index (χ0v) is 11.5. The average Bonchev–Trinajstić information content (AvgIpc) is 2.42. The molecule has 0 fully saturated rings. The van der Waals surface area contributed by atoms with Crippen LogP contribution >= 0.6 is 0 Å². The maximum atomic E-state index is 11.8. The first kappa shape index (κ1) is 13.2. The summed E-state index contributed by atoms with van der Waals surface area (Å²) in [6.07, 6.45) is 5.49. The van der Waals surface area contributed by atoms with E-state index < -0.39 is 0 Å². The number of hydrogen-bond acceptors (Lipinski definition) is 3. The highest BCUT2D eigenvalue weighted by molar-refractivity contribution is 5.87. The van der Waals surface area contributed by atoms with E-state index in [9.17, 15) is 4.79 Å². The Morgan fingerprint density at radius 3 is 2.58 bits per heavy atom. The minimum absolute atomic E-state index is 0.364. The minimum Gasteiger partial charge on any atom is -0.422 e. The highest BCUT2D eigenvalue weighted by Crippen LogP contribution is 2.24. The maximum Gasteiger partial charge on any atom is 0.340 e. The van der Waals surface area contributed by atoms with E-state index >= 15 is 0 Å². The van der Waals surface area contributed by atoms with E-state index in [4.69, 9.17) is 10.8 Å².